The van der Waals surface area contributed by atoms with Gasteiger partial charge in [0, 0.05) is 10.0 Å². The summed E-state index contributed by atoms with van der Waals surface area (Å²) >= 11 is 3.14. The van der Waals surface area contributed by atoms with Gasteiger partial charge in [-0.15, -0.1) is 10.2 Å². The summed E-state index contributed by atoms with van der Waals surface area (Å²) in [6.07, 6.45) is -0.740. The van der Waals surface area contributed by atoms with E-state index in [1.54, 1.807) is 6.92 Å². The molecule has 0 aliphatic carbocycles. The Morgan fingerprint density at radius 2 is 1.92 bits per heavy atom. The van der Waals surface area contributed by atoms with Gasteiger partial charge in [-0.3, -0.25) is 0 Å². The quantitative estimate of drug-likeness (QED) is 0.580. The normalized spacial score (nSPS) is 12.0. The zero-order chi connectivity index (χ0) is 18.0. The minimum atomic E-state index is -0.740. The molecule has 5 nitrogen and oxygen atoms in total. The largest absolute Gasteiger partial charge is 0.449 e. The van der Waals surface area contributed by atoms with E-state index in [1.165, 1.54) is 18.2 Å². The van der Waals surface area contributed by atoms with Crippen molar-refractivity contribution >= 4 is 21.9 Å². The maximum atomic E-state index is 13.1. The molecule has 25 heavy (non-hydrogen) atoms. The van der Waals surface area contributed by atoms with Crippen LogP contribution in [0.2, 0.25) is 0 Å². The summed E-state index contributed by atoms with van der Waals surface area (Å²) in [5.41, 5.74) is 2.12. The predicted octanol–water partition coefficient (Wildman–Crippen LogP) is 4.86. The number of carbonyl (C=O) groups is 1. The lowest BCUT2D eigenvalue weighted by molar-refractivity contribution is 0.0278. The number of aromatic nitrogens is 2. The molecule has 0 N–H and O–H groups in total. The molecular formula is C18H14BrFN2O3. The summed E-state index contributed by atoms with van der Waals surface area (Å²) in [7, 11) is 0. The average molecular weight is 405 g/mol. The van der Waals surface area contributed by atoms with Crippen LogP contribution in [-0.4, -0.2) is 16.2 Å². The summed E-state index contributed by atoms with van der Waals surface area (Å²) < 4.78 is 24.3. The van der Waals surface area contributed by atoms with Crippen molar-refractivity contribution in [3.8, 4) is 11.5 Å². The number of nitrogens with zero attached hydrogens (tertiary/aromatic N) is 2. The minimum absolute atomic E-state index is 0.183. The van der Waals surface area contributed by atoms with Crippen LogP contribution in [0.5, 0.6) is 0 Å². The fraction of sp³-hybridized carbons (Fsp3) is 0.167. The van der Waals surface area contributed by atoms with Crippen LogP contribution in [0.4, 0.5) is 4.39 Å². The minimum Gasteiger partial charge on any atom is -0.449 e. The lowest BCUT2D eigenvalue weighted by Crippen LogP contribution is -2.10. The number of rotatable bonds is 4. The highest BCUT2D eigenvalue weighted by atomic mass is 79.9. The van der Waals surface area contributed by atoms with Gasteiger partial charge in [-0.1, -0.05) is 17.7 Å². The standard InChI is InChI=1S/C18H14BrFN2O3/c1-10-3-5-12(6-4-10)17-22-21-16(25-17)11(2)24-18(23)14-8-7-13(20)9-15(14)19/h3-9,11H,1-2H3. The van der Waals surface area contributed by atoms with Crippen molar-refractivity contribution in [1.82, 2.24) is 10.2 Å². The second kappa shape index (κ2) is 7.14. The van der Waals surface area contributed by atoms with Crippen LogP contribution in [0.3, 0.4) is 0 Å². The summed E-state index contributed by atoms with van der Waals surface area (Å²) in [6.45, 7) is 3.61. The first-order chi connectivity index (χ1) is 11.9. The first kappa shape index (κ1) is 17.3. The number of halogens is 2. The molecule has 0 spiro atoms. The van der Waals surface area contributed by atoms with Gasteiger partial charge in [-0.2, -0.15) is 0 Å². The molecule has 0 radical (unpaired) electrons. The molecule has 0 bridgehead atoms. The summed E-state index contributed by atoms with van der Waals surface area (Å²) in [5, 5.41) is 7.91. The maximum absolute atomic E-state index is 13.1. The van der Waals surface area contributed by atoms with E-state index in [1.807, 2.05) is 31.2 Å². The number of hydrogen-bond acceptors (Lipinski definition) is 5. The second-order valence-electron chi connectivity index (χ2n) is 5.48. The summed E-state index contributed by atoms with van der Waals surface area (Å²) in [6, 6.07) is 11.4. The van der Waals surface area contributed by atoms with Crippen LogP contribution in [0.1, 0.15) is 34.8 Å². The Balaban J connectivity index is 1.74. The number of esters is 1. The summed E-state index contributed by atoms with van der Waals surface area (Å²) in [4.78, 5) is 12.2. The first-order valence-corrected chi connectivity index (χ1v) is 8.30. The van der Waals surface area contributed by atoms with Crippen molar-refractivity contribution in [1.29, 1.82) is 0 Å². The number of benzene rings is 2. The number of ether oxygens (including phenoxy) is 1. The average Bonchev–Trinajstić information content (AvgIpc) is 3.05. The van der Waals surface area contributed by atoms with E-state index < -0.39 is 17.9 Å². The van der Waals surface area contributed by atoms with Gasteiger partial charge in [0.15, 0.2) is 6.10 Å². The molecular weight excluding hydrogens is 391 g/mol. The highest BCUT2D eigenvalue weighted by Gasteiger charge is 2.21. The van der Waals surface area contributed by atoms with E-state index in [4.69, 9.17) is 9.15 Å². The third-order valence-corrected chi connectivity index (χ3v) is 4.18. The molecule has 0 amide bonds. The third kappa shape index (κ3) is 3.93. The molecule has 1 unspecified atom stereocenters. The Bertz CT molecular complexity index is 909. The van der Waals surface area contributed by atoms with E-state index in [0.717, 1.165) is 11.1 Å². The highest BCUT2D eigenvalue weighted by molar-refractivity contribution is 9.10. The SMILES string of the molecule is Cc1ccc(-c2nnc(C(C)OC(=O)c3ccc(F)cc3Br)o2)cc1. The Morgan fingerprint density at radius 3 is 2.60 bits per heavy atom. The van der Waals surface area contributed by atoms with Crippen molar-refractivity contribution in [2.75, 3.05) is 0 Å². The highest BCUT2D eigenvalue weighted by Crippen LogP contribution is 2.25. The topological polar surface area (TPSA) is 65.2 Å². The van der Waals surface area contributed by atoms with Crippen molar-refractivity contribution in [3.05, 3.63) is 69.8 Å². The van der Waals surface area contributed by atoms with Gasteiger partial charge in [-0.05, 0) is 60.1 Å². The Hall–Kier alpha value is -2.54. The van der Waals surface area contributed by atoms with Crippen LogP contribution in [0.15, 0.2) is 51.4 Å². The van der Waals surface area contributed by atoms with Crippen molar-refractivity contribution in [2.45, 2.75) is 20.0 Å². The fourth-order valence-corrected chi connectivity index (χ4v) is 2.65. The van der Waals surface area contributed by atoms with Crippen LogP contribution in [0.25, 0.3) is 11.5 Å². The van der Waals surface area contributed by atoms with Gasteiger partial charge in [-0.25, -0.2) is 9.18 Å². The lowest BCUT2D eigenvalue weighted by Gasteiger charge is -2.10. The second-order valence-corrected chi connectivity index (χ2v) is 6.34. The van der Waals surface area contributed by atoms with Gasteiger partial charge >= 0.3 is 5.97 Å². The zero-order valence-electron chi connectivity index (χ0n) is 13.5. The van der Waals surface area contributed by atoms with Gasteiger partial charge in [0.1, 0.15) is 5.82 Å². The van der Waals surface area contributed by atoms with Crippen LogP contribution in [-0.2, 0) is 4.74 Å². The van der Waals surface area contributed by atoms with Crippen molar-refractivity contribution < 1.29 is 18.3 Å². The molecule has 2 aromatic carbocycles. The van der Waals surface area contributed by atoms with Crippen molar-refractivity contribution in [3.63, 3.8) is 0 Å². The molecule has 128 valence electrons. The fourth-order valence-electron chi connectivity index (χ4n) is 2.14. The first-order valence-electron chi connectivity index (χ1n) is 7.50. The van der Waals surface area contributed by atoms with Gasteiger partial charge < -0.3 is 9.15 Å². The molecule has 3 aromatic rings. The molecule has 1 atom stereocenters. The molecule has 0 aliphatic rings. The number of carbonyl (C=O) groups excluding carboxylic acids is 1. The smallest absolute Gasteiger partial charge is 0.340 e. The van der Waals surface area contributed by atoms with E-state index in [9.17, 15) is 9.18 Å². The Kier molecular flexibility index (Phi) is 4.94. The van der Waals surface area contributed by atoms with Gasteiger partial charge in [0.25, 0.3) is 5.89 Å². The van der Waals surface area contributed by atoms with Crippen molar-refractivity contribution in [2.24, 2.45) is 0 Å². The van der Waals surface area contributed by atoms with Crippen LogP contribution < -0.4 is 0 Å². The summed E-state index contributed by atoms with van der Waals surface area (Å²) in [5.74, 6) is -0.534. The Labute approximate surface area is 152 Å². The molecule has 1 aromatic heterocycles. The van der Waals surface area contributed by atoms with Crippen LogP contribution in [0, 0.1) is 12.7 Å². The molecule has 0 aliphatic heterocycles. The molecule has 3 rings (SSSR count). The molecule has 7 heteroatoms. The molecule has 0 fully saturated rings. The lowest BCUT2D eigenvalue weighted by atomic mass is 10.1. The molecule has 0 saturated heterocycles. The van der Waals surface area contributed by atoms with E-state index in [2.05, 4.69) is 26.1 Å². The predicted molar refractivity (Wildman–Crippen MR) is 92.4 cm³/mol. The van der Waals surface area contributed by atoms with E-state index in [0.29, 0.717) is 10.4 Å². The maximum Gasteiger partial charge on any atom is 0.340 e. The third-order valence-electron chi connectivity index (χ3n) is 3.52. The zero-order valence-corrected chi connectivity index (χ0v) is 15.1. The number of aryl methyl sites for hydroxylation is 1. The van der Waals surface area contributed by atoms with E-state index in [-0.39, 0.29) is 11.5 Å². The molecule has 0 saturated carbocycles. The van der Waals surface area contributed by atoms with Gasteiger partial charge in [0.05, 0.1) is 5.56 Å². The number of hydrogen-bond donors (Lipinski definition) is 0. The van der Waals surface area contributed by atoms with Crippen LogP contribution >= 0.6 is 15.9 Å². The van der Waals surface area contributed by atoms with E-state index >= 15 is 0 Å². The molecule has 1 heterocycles. The van der Waals surface area contributed by atoms with Gasteiger partial charge in [0.2, 0.25) is 5.89 Å². The monoisotopic (exact) mass is 404 g/mol. The Morgan fingerprint density at radius 1 is 1.20 bits per heavy atom.